The van der Waals surface area contributed by atoms with E-state index in [0.717, 1.165) is 11.3 Å². The van der Waals surface area contributed by atoms with Crippen molar-refractivity contribution in [1.82, 2.24) is 20.5 Å². The van der Waals surface area contributed by atoms with Gasteiger partial charge in [0.05, 0.1) is 5.56 Å². The lowest BCUT2D eigenvalue weighted by Crippen LogP contribution is -2.44. The molecular weight excluding hydrogens is 318 g/mol. The molecule has 0 spiro atoms. The lowest BCUT2D eigenvalue weighted by atomic mass is 10.0. The molecule has 2 rings (SSSR count). The van der Waals surface area contributed by atoms with Crippen LogP contribution in [0, 0.1) is 0 Å². The molecule has 0 unspecified atom stereocenters. The number of pyridine rings is 1. The molecule has 0 saturated heterocycles. The van der Waals surface area contributed by atoms with Gasteiger partial charge in [-0.2, -0.15) is 0 Å². The third kappa shape index (κ3) is 4.84. The molecule has 7 heteroatoms. The second-order valence-electron chi connectivity index (χ2n) is 6.96. The first-order chi connectivity index (χ1) is 11.8. The molecule has 1 aliphatic heterocycles. The van der Waals surface area contributed by atoms with Crippen molar-refractivity contribution in [2.75, 3.05) is 25.5 Å². The molecule has 0 aromatic carbocycles. The monoisotopic (exact) mass is 347 g/mol. The van der Waals surface area contributed by atoms with Gasteiger partial charge in [0.15, 0.2) is 0 Å². The maximum Gasteiger partial charge on any atom is 0.317 e. The minimum absolute atomic E-state index is 0.0464. The smallest absolute Gasteiger partial charge is 0.317 e. The highest BCUT2D eigenvalue weighted by molar-refractivity contribution is 5.98. The van der Waals surface area contributed by atoms with Gasteiger partial charge in [0.1, 0.15) is 5.82 Å². The number of fused-ring (bicyclic) bond motifs is 1. The SMILES string of the molecule is CNC(=O)c1cc2c(nc1NC(C)C)CCN(C(=O)NC(C)C)CC2. The van der Waals surface area contributed by atoms with Crippen LogP contribution in [0.3, 0.4) is 0 Å². The predicted molar refractivity (Wildman–Crippen MR) is 99.0 cm³/mol. The number of amides is 3. The second kappa shape index (κ2) is 8.18. The molecule has 0 aliphatic carbocycles. The van der Waals surface area contributed by atoms with E-state index in [1.165, 1.54) is 0 Å². The van der Waals surface area contributed by atoms with Crippen LogP contribution >= 0.6 is 0 Å². The summed E-state index contributed by atoms with van der Waals surface area (Å²) < 4.78 is 0. The van der Waals surface area contributed by atoms with Gasteiger partial charge < -0.3 is 20.9 Å². The molecule has 0 saturated carbocycles. The van der Waals surface area contributed by atoms with Crippen molar-refractivity contribution in [3.63, 3.8) is 0 Å². The van der Waals surface area contributed by atoms with E-state index in [-0.39, 0.29) is 24.0 Å². The number of hydrogen-bond donors (Lipinski definition) is 3. The predicted octanol–water partition coefficient (Wildman–Crippen LogP) is 1.78. The van der Waals surface area contributed by atoms with Crippen LogP contribution < -0.4 is 16.0 Å². The summed E-state index contributed by atoms with van der Waals surface area (Å²) in [7, 11) is 1.62. The van der Waals surface area contributed by atoms with Crippen molar-refractivity contribution < 1.29 is 9.59 Å². The summed E-state index contributed by atoms with van der Waals surface area (Å²) in [6.45, 7) is 9.17. The molecule has 25 heavy (non-hydrogen) atoms. The zero-order valence-electron chi connectivity index (χ0n) is 15.8. The highest BCUT2D eigenvalue weighted by Crippen LogP contribution is 2.22. The zero-order valence-corrected chi connectivity index (χ0v) is 15.8. The van der Waals surface area contributed by atoms with Crippen molar-refractivity contribution in [2.45, 2.75) is 52.6 Å². The molecule has 0 bridgehead atoms. The van der Waals surface area contributed by atoms with Crippen LogP contribution in [-0.4, -0.2) is 54.0 Å². The molecule has 3 N–H and O–H groups in total. The number of carbonyl (C=O) groups is 2. The molecule has 1 aliphatic rings. The number of aromatic nitrogens is 1. The Balaban J connectivity index is 2.27. The average Bonchev–Trinajstić information content (AvgIpc) is 2.74. The molecule has 1 aromatic rings. The van der Waals surface area contributed by atoms with E-state index in [4.69, 9.17) is 4.98 Å². The zero-order chi connectivity index (χ0) is 18.6. The molecule has 138 valence electrons. The van der Waals surface area contributed by atoms with E-state index in [1.54, 1.807) is 7.05 Å². The third-order valence-corrected chi connectivity index (χ3v) is 4.06. The summed E-state index contributed by atoms with van der Waals surface area (Å²) in [5, 5.41) is 8.86. The van der Waals surface area contributed by atoms with Crippen LogP contribution in [0.5, 0.6) is 0 Å². The summed E-state index contributed by atoms with van der Waals surface area (Å²) in [5.41, 5.74) is 2.54. The minimum atomic E-state index is -0.155. The molecule has 2 heterocycles. The fourth-order valence-corrected chi connectivity index (χ4v) is 2.87. The number of carbonyl (C=O) groups excluding carboxylic acids is 2. The van der Waals surface area contributed by atoms with Gasteiger partial charge in [-0.25, -0.2) is 9.78 Å². The molecule has 7 nitrogen and oxygen atoms in total. The third-order valence-electron chi connectivity index (χ3n) is 4.06. The molecule has 0 radical (unpaired) electrons. The van der Waals surface area contributed by atoms with Gasteiger partial charge in [0.2, 0.25) is 0 Å². The molecule has 0 fully saturated rings. The van der Waals surface area contributed by atoms with Crippen molar-refractivity contribution in [3.05, 3.63) is 22.9 Å². The Morgan fingerprint density at radius 1 is 1.12 bits per heavy atom. The van der Waals surface area contributed by atoms with Crippen LogP contribution in [-0.2, 0) is 12.8 Å². The lowest BCUT2D eigenvalue weighted by Gasteiger charge is -2.22. The first-order valence-corrected chi connectivity index (χ1v) is 8.88. The average molecular weight is 347 g/mol. The van der Waals surface area contributed by atoms with Crippen molar-refractivity contribution in [1.29, 1.82) is 0 Å². The maximum absolute atomic E-state index is 12.3. The summed E-state index contributed by atoms with van der Waals surface area (Å²) in [6, 6.07) is 2.15. The fourth-order valence-electron chi connectivity index (χ4n) is 2.87. The van der Waals surface area contributed by atoms with Crippen LogP contribution in [0.15, 0.2) is 6.07 Å². The van der Waals surface area contributed by atoms with E-state index in [1.807, 2.05) is 38.7 Å². The van der Waals surface area contributed by atoms with Gasteiger partial charge >= 0.3 is 6.03 Å². The van der Waals surface area contributed by atoms with Gasteiger partial charge in [-0.3, -0.25) is 4.79 Å². The quantitative estimate of drug-likeness (QED) is 0.775. The van der Waals surface area contributed by atoms with Crippen molar-refractivity contribution in [2.24, 2.45) is 0 Å². The minimum Gasteiger partial charge on any atom is -0.367 e. The molecule has 0 atom stereocenters. The topological polar surface area (TPSA) is 86.4 Å². The number of hydrogen-bond acceptors (Lipinski definition) is 4. The van der Waals surface area contributed by atoms with Crippen molar-refractivity contribution in [3.8, 4) is 0 Å². The molecule has 1 aromatic heterocycles. The maximum atomic E-state index is 12.3. The standard InChI is InChI=1S/C18H29N5O2/c1-11(2)20-16-14(17(24)19-5)10-13-6-8-23(9-7-15(13)22-16)18(25)21-12(3)4/h10-12H,6-9H2,1-5H3,(H,19,24)(H,20,22)(H,21,25). The second-order valence-corrected chi connectivity index (χ2v) is 6.96. The number of nitrogens with zero attached hydrogens (tertiary/aromatic N) is 2. The Morgan fingerprint density at radius 3 is 2.40 bits per heavy atom. The number of anilines is 1. The van der Waals surface area contributed by atoms with Crippen LogP contribution in [0.25, 0.3) is 0 Å². The van der Waals surface area contributed by atoms with Gasteiger partial charge in [-0.15, -0.1) is 0 Å². The van der Waals surface area contributed by atoms with Gasteiger partial charge in [-0.05, 0) is 45.7 Å². The van der Waals surface area contributed by atoms with Gasteiger partial charge in [0.25, 0.3) is 5.91 Å². The number of rotatable bonds is 4. The lowest BCUT2D eigenvalue weighted by molar-refractivity contribution is 0.0963. The fraction of sp³-hybridized carbons (Fsp3) is 0.611. The Morgan fingerprint density at radius 2 is 1.80 bits per heavy atom. The summed E-state index contributed by atoms with van der Waals surface area (Å²) >= 11 is 0. The highest BCUT2D eigenvalue weighted by Gasteiger charge is 2.23. The normalized spacial score (nSPS) is 14.1. The molecular formula is C18H29N5O2. The van der Waals surface area contributed by atoms with Gasteiger partial charge in [-0.1, -0.05) is 0 Å². The summed E-state index contributed by atoms with van der Waals surface area (Å²) in [6.07, 6.45) is 1.38. The Labute approximate surface area is 149 Å². The first kappa shape index (κ1) is 19.0. The van der Waals surface area contributed by atoms with Gasteiger partial charge in [0, 0.05) is 44.3 Å². The highest BCUT2D eigenvalue weighted by atomic mass is 16.2. The number of urea groups is 1. The Bertz CT molecular complexity index is 643. The molecule has 3 amide bonds. The van der Waals surface area contributed by atoms with E-state index in [2.05, 4.69) is 16.0 Å². The van der Waals surface area contributed by atoms with Crippen LogP contribution in [0.4, 0.5) is 10.6 Å². The van der Waals surface area contributed by atoms with E-state index in [9.17, 15) is 9.59 Å². The summed E-state index contributed by atoms with van der Waals surface area (Å²) in [4.78, 5) is 31.0. The van der Waals surface area contributed by atoms with E-state index < -0.39 is 0 Å². The van der Waals surface area contributed by atoms with Crippen molar-refractivity contribution >= 4 is 17.8 Å². The van der Waals surface area contributed by atoms with E-state index >= 15 is 0 Å². The first-order valence-electron chi connectivity index (χ1n) is 8.88. The summed E-state index contributed by atoms with van der Waals surface area (Å²) in [5.74, 6) is 0.449. The Hall–Kier alpha value is -2.31. The Kier molecular flexibility index (Phi) is 6.22. The van der Waals surface area contributed by atoms with Crippen LogP contribution in [0.2, 0.25) is 0 Å². The van der Waals surface area contributed by atoms with Crippen LogP contribution in [0.1, 0.15) is 49.3 Å². The number of nitrogens with one attached hydrogen (secondary N) is 3. The largest absolute Gasteiger partial charge is 0.367 e. The van der Waals surface area contributed by atoms with E-state index in [0.29, 0.717) is 37.3 Å².